The fourth-order valence-corrected chi connectivity index (χ4v) is 2.92. The van der Waals surface area contributed by atoms with Gasteiger partial charge < -0.3 is 5.32 Å². The van der Waals surface area contributed by atoms with Gasteiger partial charge in [-0.15, -0.1) is 0 Å². The number of rotatable bonds is 3. The van der Waals surface area contributed by atoms with Crippen molar-refractivity contribution in [2.45, 2.75) is 45.1 Å². The highest BCUT2D eigenvalue weighted by atomic mass is 19.2. The first-order valence-electron chi connectivity index (χ1n) is 6.62. The normalized spacial score (nSPS) is 28.0. The summed E-state index contributed by atoms with van der Waals surface area (Å²) < 4.78 is 26.4. The molecule has 2 unspecified atom stereocenters. The zero-order valence-corrected chi connectivity index (χ0v) is 11.3. The molecule has 100 valence electrons. The molecule has 2 rings (SSSR count). The highest BCUT2D eigenvalue weighted by Gasteiger charge is 2.40. The molecule has 0 spiro atoms. The first kappa shape index (κ1) is 13.5. The van der Waals surface area contributed by atoms with Crippen LogP contribution < -0.4 is 5.32 Å². The molecule has 1 aromatic rings. The van der Waals surface area contributed by atoms with E-state index in [4.69, 9.17) is 0 Å². The van der Waals surface area contributed by atoms with E-state index in [9.17, 15) is 8.78 Å². The van der Waals surface area contributed by atoms with Crippen LogP contribution in [-0.4, -0.2) is 12.6 Å². The van der Waals surface area contributed by atoms with Crippen molar-refractivity contribution in [1.29, 1.82) is 0 Å². The summed E-state index contributed by atoms with van der Waals surface area (Å²) in [5.74, 6) is -0.928. The van der Waals surface area contributed by atoms with E-state index in [2.05, 4.69) is 26.1 Å². The van der Waals surface area contributed by atoms with Crippen molar-refractivity contribution >= 4 is 0 Å². The summed E-state index contributed by atoms with van der Waals surface area (Å²) in [4.78, 5) is 0. The third-order valence-electron chi connectivity index (χ3n) is 4.09. The number of benzene rings is 1. The lowest BCUT2D eigenvalue weighted by Gasteiger charge is -2.33. The zero-order valence-electron chi connectivity index (χ0n) is 11.3. The van der Waals surface area contributed by atoms with Gasteiger partial charge in [0.05, 0.1) is 0 Å². The zero-order chi connectivity index (χ0) is 13.3. The summed E-state index contributed by atoms with van der Waals surface area (Å²) in [7, 11) is 0. The molecule has 1 aliphatic rings. The van der Waals surface area contributed by atoms with Crippen molar-refractivity contribution in [2.75, 3.05) is 6.54 Å². The molecule has 18 heavy (non-hydrogen) atoms. The molecule has 0 radical (unpaired) electrons. The molecule has 2 atom stereocenters. The molecule has 1 heterocycles. The summed E-state index contributed by atoms with van der Waals surface area (Å²) in [5, 5.41) is 3.49. The second-order valence-electron chi connectivity index (χ2n) is 5.93. The first-order chi connectivity index (χ1) is 8.43. The number of hydrogen-bond acceptors (Lipinski definition) is 1. The maximum absolute atomic E-state index is 13.4. The minimum Gasteiger partial charge on any atom is -0.313 e. The maximum atomic E-state index is 13.4. The van der Waals surface area contributed by atoms with Crippen molar-refractivity contribution in [3.05, 3.63) is 35.4 Å². The summed E-state index contributed by atoms with van der Waals surface area (Å²) in [5.41, 5.74) is 0.802. The molecule has 1 nitrogen and oxygen atoms in total. The molecule has 0 amide bonds. The third-order valence-corrected chi connectivity index (χ3v) is 4.09. The van der Waals surface area contributed by atoms with Crippen LogP contribution in [0.3, 0.4) is 0 Å². The van der Waals surface area contributed by atoms with E-state index < -0.39 is 11.6 Å². The van der Waals surface area contributed by atoms with Crippen LogP contribution >= 0.6 is 0 Å². The van der Waals surface area contributed by atoms with Crippen LogP contribution in [0.2, 0.25) is 0 Å². The summed E-state index contributed by atoms with van der Waals surface area (Å²) >= 11 is 0. The van der Waals surface area contributed by atoms with E-state index in [-0.39, 0.29) is 5.41 Å². The van der Waals surface area contributed by atoms with Gasteiger partial charge in [-0.2, -0.15) is 0 Å². The van der Waals surface area contributed by atoms with E-state index in [1.165, 1.54) is 12.1 Å². The lowest BCUT2D eigenvalue weighted by atomic mass is 9.73. The molecule has 0 aliphatic carbocycles. The van der Waals surface area contributed by atoms with E-state index in [0.29, 0.717) is 12.0 Å². The quantitative estimate of drug-likeness (QED) is 0.867. The second kappa shape index (κ2) is 4.96. The van der Waals surface area contributed by atoms with Gasteiger partial charge in [-0.25, -0.2) is 8.78 Å². The fourth-order valence-electron chi connectivity index (χ4n) is 2.92. The number of hydrogen-bond donors (Lipinski definition) is 1. The smallest absolute Gasteiger partial charge is 0.159 e. The highest BCUT2D eigenvalue weighted by Crippen LogP contribution is 2.38. The second-order valence-corrected chi connectivity index (χ2v) is 5.93. The highest BCUT2D eigenvalue weighted by molar-refractivity contribution is 5.30. The molecule has 0 saturated carbocycles. The van der Waals surface area contributed by atoms with Crippen LogP contribution in [-0.2, 0) is 5.41 Å². The molecular weight excluding hydrogens is 232 g/mol. The monoisotopic (exact) mass is 253 g/mol. The fraction of sp³-hybridized carbons (Fsp3) is 0.600. The van der Waals surface area contributed by atoms with Crippen molar-refractivity contribution in [3.63, 3.8) is 0 Å². The molecule has 0 bridgehead atoms. The summed E-state index contributed by atoms with van der Waals surface area (Å²) in [6.45, 7) is 7.46. The van der Waals surface area contributed by atoms with Gasteiger partial charge in [-0.1, -0.05) is 26.8 Å². The van der Waals surface area contributed by atoms with Gasteiger partial charge in [-0.3, -0.25) is 0 Å². The predicted molar refractivity (Wildman–Crippen MR) is 69.6 cm³/mol. The van der Waals surface area contributed by atoms with Crippen molar-refractivity contribution in [1.82, 2.24) is 5.32 Å². The number of halogens is 2. The van der Waals surface area contributed by atoms with E-state index in [1.807, 2.05) is 0 Å². The Morgan fingerprint density at radius 1 is 1.33 bits per heavy atom. The number of nitrogens with one attached hydrogen (secondary N) is 1. The summed E-state index contributed by atoms with van der Waals surface area (Å²) in [6.07, 6.45) is 2.02. The largest absolute Gasteiger partial charge is 0.313 e. The van der Waals surface area contributed by atoms with Crippen LogP contribution in [0, 0.1) is 17.6 Å². The molecule has 1 aliphatic heterocycles. The van der Waals surface area contributed by atoms with Gasteiger partial charge in [0.25, 0.3) is 0 Å². The van der Waals surface area contributed by atoms with E-state index in [1.54, 1.807) is 6.07 Å². The Bertz CT molecular complexity index is 431. The van der Waals surface area contributed by atoms with Gasteiger partial charge in [0, 0.05) is 11.5 Å². The van der Waals surface area contributed by atoms with Crippen LogP contribution in [0.4, 0.5) is 8.78 Å². The van der Waals surface area contributed by atoms with Crippen LogP contribution in [0.1, 0.15) is 39.2 Å². The minimum absolute atomic E-state index is 0.0984. The van der Waals surface area contributed by atoms with Gasteiger partial charge in [0.1, 0.15) is 0 Å². The lowest BCUT2D eigenvalue weighted by Crippen LogP contribution is -2.39. The Kier molecular flexibility index (Phi) is 3.71. The van der Waals surface area contributed by atoms with Gasteiger partial charge >= 0.3 is 0 Å². The van der Waals surface area contributed by atoms with Gasteiger partial charge in [0.15, 0.2) is 11.6 Å². The van der Waals surface area contributed by atoms with Gasteiger partial charge in [0.2, 0.25) is 0 Å². The first-order valence-corrected chi connectivity index (χ1v) is 6.62. The Morgan fingerprint density at radius 2 is 2.06 bits per heavy atom. The molecular formula is C15H21F2N. The average Bonchev–Trinajstić information content (AvgIpc) is 2.65. The molecule has 0 aromatic heterocycles. The standard InChI is InChI=1S/C15H21F2N/c1-10(2)8-14-15(3,6-7-18-14)11-4-5-12(16)13(17)9-11/h4-5,9-10,14,18H,6-8H2,1-3H3. The predicted octanol–water partition coefficient (Wildman–Crippen LogP) is 3.63. The van der Waals surface area contributed by atoms with E-state index >= 15 is 0 Å². The summed E-state index contributed by atoms with van der Waals surface area (Å²) in [6, 6.07) is 4.65. The third kappa shape index (κ3) is 2.41. The van der Waals surface area contributed by atoms with Crippen molar-refractivity contribution < 1.29 is 8.78 Å². The van der Waals surface area contributed by atoms with Crippen LogP contribution in [0.25, 0.3) is 0 Å². The van der Waals surface area contributed by atoms with E-state index in [0.717, 1.165) is 24.9 Å². The molecule has 1 aromatic carbocycles. The Balaban J connectivity index is 2.30. The van der Waals surface area contributed by atoms with Crippen LogP contribution in [0.5, 0.6) is 0 Å². The molecule has 1 N–H and O–H groups in total. The van der Waals surface area contributed by atoms with Crippen molar-refractivity contribution in [2.24, 2.45) is 5.92 Å². The molecule has 3 heteroatoms. The minimum atomic E-state index is -0.770. The maximum Gasteiger partial charge on any atom is 0.159 e. The average molecular weight is 253 g/mol. The Hall–Kier alpha value is -0.960. The van der Waals surface area contributed by atoms with Crippen LogP contribution in [0.15, 0.2) is 18.2 Å². The molecule has 1 saturated heterocycles. The molecule has 1 fully saturated rings. The Morgan fingerprint density at radius 3 is 2.67 bits per heavy atom. The van der Waals surface area contributed by atoms with Gasteiger partial charge in [-0.05, 0) is 43.0 Å². The SMILES string of the molecule is CC(C)CC1NCCC1(C)c1ccc(F)c(F)c1. The Labute approximate surface area is 108 Å². The van der Waals surface area contributed by atoms with Crippen molar-refractivity contribution in [3.8, 4) is 0 Å². The lowest BCUT2D eigenvalue weighted by molar-refractivity contribution is 0.342. The topological polar surface area (TPSA) is 12.0 Å².